The summed E-state index contributed by atoms with van der Waals surface area (Å²) in [5, 5.41) is 8.21. The van der Waals surface area contributed by atoms with Gasteiger partial charge in [-0.3, -0.25) is 9.58 Å². The van der Waals surface area contributed by atoms with Gasteiger partial charge in [0.1, 0.15) is 0 Å². The van der Waals surface area contributed by atoms with E-state index in [-0.39, 0.29) is 0 Å². The minimum Gasteiger partial charge on any atom is -0.314 e. The SMILES string of the molecule is CCc1nn(C)cc1C1C(CNC(C)C)CCN1C. The molecule has 0 bridgehead atoms. The molecule has 19 heavy (non-hydrogen) atoms. The topological polar surface area (TPSA) is 33.1 Å². The molecule has 4 heteroatoms. The van der Waals surface area contributed by atoms with Crippen molar-refractivity contribution in [1.29, 1.82) is 0 Å². The van der Waals surface area contributed by atoms with E-state index in [1.54, 1.807) is 0 Å². The minimum absolute atomic E-state index is 0.523. The summed E-state index contributed by atoms with van der Waals surface area (Å²) in [6, 6.07) is 1.08. The van der Waals surface area contributed by atoms with E-state index in [9.17, 15) is 0 Å². The number of likely N-dealkylation sites (tertiary alicyclic amines) is 1. The Morgan fingerprint density at radius 2 is 2.16 bits per heavy atom. The number of nitrogens with zero attached hydrogens (tertiary/aromatic N) is 3. The van der Waals surface area contributed by atoms with Crippen molar-refractivity contribution in [2.24, 2.45) is 13.0 Å². The second kappa shape index (κ2) is 6.06. The summed E-state index contributed by atoms with van der Waals surface area (Å²) in [6.45, 7) is 8.92. The summed E-state index contributed by atoms with van der Waals surface area (Å²) in [5.74, 6) is 0.696. The number of nitrogens with one attached hydrogen (secondary N) is 1. The molecule has 4 nitrogen and oxygen atoms in total. The first-order valence-electron chi connectivity index (χ1n) is 7.49. The van der Waals surface area contributed by atoms with E-state index >= 15 is 0 Å². The van der Waals surface area contributed by atoms with Crippen LogP contribution in [0.25, 0.3) is 0 Å². The molecule has 2 heterocycles. The van der Waals surface area contributed by atoms with Crippen LogP contribution in [-0.4, -0.2) is 40.9 Å². The lowest BCUT2D eigenvalue weighted by Gasteiger charge is -2.26. The maximum absolute atomic E-state index is 4.61. The highest BCUT2D eigenvalue weighted by Gasteiger charge is 2.34. The Kier molecular flexibility index (Phi) is 4.63. The molecule has 1 N–H and O–H groups in total. The van der Waals surface area contributed by atoms with Gasteiger partial charge < -0.3 is 5.32 Å². The number of rotatable bonds is 5. The maximum Gasteiger partial charge on any atom is 0.0669 e. The fourth-order valence-electron chi connectivity index (χ4n) is 3.19. The molecule has 0 amide bonds. The average molecular weight is 264 g/mol. The van der Waals surface area contributed by atoms with Gasteiger partial charge in [0.15, 0.2) is 0 Å². The molecule has 1 aliphatic rings. The van der Waals surface area contributed by atoms with Crippen LogP contribution in [0, 0.1) is 5.92 Å². The minimum atomic E-state index is 0.523. The van der Waals surface area contributed by atoms with E-state index in [1.807, 2.05) is 11.7 Å². The van der Waals surface area contributed by atoms with Crippen LogP contribution in [0.3, 0.4) is 0 Å². The highest BCUT2D eigenvalue weighted by atomic mass is 15.3. The summed E-state index contributed by atoms with van der Waals surface area (Å²) in [4.78, 5) is 2.49. The number of hydrogen-bond donors (Lipinski definition) is 1. The second-order valence-corrected chi connectivity index (χ2v) is 6.10. The number of aryl methyl sites for hydroxylation is 2. The van der Waals surface area contributed by atoms with Gasteiger partial charge in [0.05, 0.1) is 5.69 Å². The molecule has 0 spiro atoms. The molecular formula is C15H28N4. The summed E-state index contributed by atoms with van der Waals surface area (Å²) >= 11 is 0. The van der Waals surface area contributed by atoms with E-state index in [0.717, 1.165) is 13.0 Å². The fraction of sp³-hybridized carbons (Fsp3) is 0.800. The zero-order valence-electron chi connectivity index (χ0n) is 13.0. The van der Waals surface area contributed by atoms with Crippen molar-refractivity contribution in [2.75, 3.05) is 20.1 Å². The summed E-state index contributed by atoms with van der Waals surface area (Å²) in [6.07, 6.45) is 4.51. The second-order valence-electron chi connectivity index (χ2n) is 6.10. The van der Waals surface area contributed by atoms with E-state index in [1.165, 1.54) is 24.2 Å². The van der Waals surface area contributed by atoms with Crippen LogP contribution in [-0.2, 0) is 13.5 Å². The van der Waals surface area contributed by atoms with Crippen LogP contribution in [0.5, 0.6) is 0 Å². The Hall–Kier alpha value is -0.870. The molecule has 2 unspecified atom stereocenters. The Morgan fingerprint density at radius 1 is 1.42 bits per heavy atom. The van der Waals surface area contributed by atoms with Crippen molar-refractivity contribution < 1.29 is 0 Å². The maximum atomic E-state index is 4.61. The zero-order valence-corrected chi connectivity index (χ0v) is 13.0. The van der Waals surface area contributed by atoms with Gasteiger partial charge >= 0.3 is 0 Å². The van der Waals surface area contributed by atoms with Gasteiger partial charge in [-0.2, -0.15) is 5.10 Å². The molecule has 2 atom stereocenters. The van der Waals surface area contributed by atoms with Gasteiger partial charge in [-0.1, -0.05) is 20.8 Å². The lowest BCUT2D eigenvalue weighted by molar-refractivity contribution is 0.268. The third kappa shape index (κ3) is 3.18. The van der Waals surface area contributed by atoms with Crippen molar-refractivity contribution in [3.05, 3.63) is 17.5 Å². The van der Waals surface area contributed by atoms with Gasteiger partial charge in [-0.05, 0) is 32.4 Å². The van der Waals surface area contributed by atoms with Crippen LogP contribution in [0.15, 0.2) is 6.20 Å². The largest absolute Gasteiger partial charge is 0.314 e. The van der Waals surface area contributed by atoms with Crippen molar-refractivity contribution in [2.45, 2.75) is 45.7 Å². The van der Waals surface area contributed by atoms with Crippen LogP contribution < -0.4 is 5.32 Å². The summed E-state index contributed by atoms with van der Waals surface area (Å²) in [7, 11) is 4.27. The molecule has 1 aromatic rings. The standard InChI is InChI=1S/C15H28N4/c1-6-14-13(10-19(5)17-14)15-12(7-8-18(15)4)9-16-11(2)3/h10-12,15-16H,6-9H2,1-5H3. The molecule has 1 aromatic heterocycles. The van der Waals surface area contributed by atoms with Crippen LogP contribution >= 0.6 is 0 Å². The smallest absolute Gasteiger partial charge is 0.0669 e. The van der Waals surface area contributed by atoms with Gasteiger partial charge in [0.25, 0.3) is 0 Å². The summed E-state index contributed by atoms with van der Waals surface area (Å²) < 4.78 is 1.97. The Morgan fingerprint density at radius 3 is 2.79 bits per heavy atom. The van der Waals surface area contributed by atoms with Crippen LogP contribution in [0.2, 0.25) is 0 Å². The van der Waals surface area contributed by atoms with E-state index in [4.69, 9.17) is 0 Å². The van der Waals surface area contributed by atoms with Crippen molar-refractivity contribution in [3.63, 3.8) is 0 Å². The van der Waals surface area contributed by atoms with Crippen LogP contribution in [0.4, 0.5) is 0 Å². The zero-order chi connectivity index (χ0) is 14.0. The quantitative estimate of drug-likeness (QED) is 0.883. The molecule has 108 valence electrons. The lowest BCUT2D eigenvalue weighted by Crippen LogP contribution is -2.32. The number of aromatic nitrogens is 2. The summed E-state index contributed by atoms with van der Waals surface area (Å²) in [5.41, 5.74) is 2.69. The Bertz CT molecular complexity index is 410. The van der Waals surface area contributed by atoms with Crippen molar-refractivity contribution in [1.82, 2.24) is 20.0 Å². The van der Waals surface area contributed by atoms with Crippen molar-refractivity contribution >= 4 is 0 Å². The van der Waals surface area contributed by atoms with Gasteiger partial charge in [-0.15, -0.1) is 0 Å². The molecule has 0 saturated carbocycles. The van der Waals surface area contributed by atoms with Crippen LogP contribution in [0.1, 0.15) is 44.5 Å². The molecule has 1 aliphatic heterocycles. The first-order chi connectivity index (χ1) is 9.02. The monoisotopic (exact) mass is 264 g/mol. The molecule has 1 saturated heterocycles. The third-order valence-electron chi connectivity index (χ3n) is 4.15. The average Bonchev–Trinajstić information content (AvgIpc) is 2.89. The van der Waals surface area contributed by atoms with Gasteiger partial charge in [-0.25, -0.2) is 0 Å². The Labute approximate surface area is 117 Å². The van der Waals surface area contributed by atoms with E-state index < -0.39 is 0 Å². The van der Waals surface area contributed by atoms with E-state index in [2.05, 4.69) is 49.3 Å². The molecule has 0 aromatic carbocycles. The lowest BCUT2D eigenvalue weighted by atomic mass is 9.93. The highest BCUT2D eigenvalue weighted by molar-refractivity contribution is 5.23. The van der Waals surface area contributed by atoms with Gasteiger partial charge in [0, 0.05) is 37.4 Å². The fourth-order valence-corrected chi connectivity index (χ4v) is 3.19. The third-order valence-corrected chi connectivity index (χ3v) is 4.15. The molecular weight excluding hydrogens is 236 g/mol. The first kappa shape index (κ1) is 14.5. The highest BCUT2D eigenvalue weighted by Crippen LogP contribution is 2.37. The Balaban J connectivity index is 2.18. The van der Waals surface area contributed by atoms with Gasteiger partial charge in [0.2, 0.25) is 0 Å². The van der Waals surface area contributed by atoms with Crippen molar-refractivity contribution in [3.8, 4) is 0 Å². The molecule has 1 fully saturated rings. The first-order valence-corrected chi connectivity index (χ1v) is 7.49. The molecule has 0 aliphatic carbocycles. The predicted molar refractivity (Wildman–Crippen MR) is 79.2 cm³/mol. The number of hydrogen-bond acceptors (Lipinski definition) is 3. The normalized spacial score (nSPS) is 24.5. The van der Waals surface area contributed by atoms with E-state index in [0.29, 0.717) is 18.0 Å². The molecule has 2 rings (SSSR count). The predicted octanol–water partition coefficient (Wildman–Crippen LogP) is 1.97. The molecule has 0 radical (unpaired) electrons.